The van der Waals surface area contributed by atoms with Crippen LogP contribution in [0.15, 0.2) is 12.2 Å². The van der Waals surface area contributed by atoms with Gasteiger partial charge in [0.25, 0.3) is 5.91 Å². The van der Waals surface area contributed by atoms with Gasteiger partial charge in [-0.15, -0.1) is 0 Å². The zero-order valence-corrected chi connectivity index (χ0v) is 8.03. The summed E-state index contributed by atoms with van der Waals surface area (Å²) in [4.78, 5) is 21.6. The van der Waals surface area contributed by atoms with E-state index < -0.39 is 5.97 Å². The Hall–Kier alpha value is -1.36. The van der Waals surface area contributed by atoms with Gasteiger partial charge in [0.05, 0.1) is 6.61 Å². The molecule has 0 aromatic heterocycles. The molecule has 0 aliphatic carbocycles. The minimum absolute atomic E-state index is 0.304. The van der Waals surface area contributed by atoms with E-state index in [0.29, 0.717) is 6.61 Å². The molecule has 0 saturated heterocycles. The standard InChI is InChI=1S/C8H14N2O3/c1-4-13-8(12)6-5-7(11)9-10(2)3/h5-6H,4H2,1-3H3,(H,9,11). The topological polar surface area (TPSA) is 58.6 Å². The van der Waals surface area contributed by atoms with Crippen LogP contribution in [-0.2, 0) is 14.3 Å². The largest absolute Gasteiger partial charge is 0.463 e. The Bertz CT molecular complexity index is 211. The minimum atomic E-state index is -0.517. The van der Waals surface area contributed by atoms with Crippen LogP contribution in [0.4, 0.5) is 0 Å². The van der Waals surface area contributed by atoms with Crippen molar-refractivity contribution < 1.29 is 14.3 Å². The maximum Gasteiger partial charge on any atom is 0.330 e. The molecule has 0 radical (unpaired) electrons. The van der Waals surface area contributed by atoms with Crippen LogP contribution >= 0.6 is 0 Å². The normalized spacial score (nSPS) is 10.5. The lowest BCUT2D eigenvalue weighted by Crippen LogP contribution is -2.34. The summed E-state index contributed by atoms with van der Waals surface area (Å²) < 4.78 is 4.58. The molecule has 0 heterocycles. The lowest BCUT2D eigenvalue weighted by atomic mass is 10.5. The van der Waals surface area contributed by atoms with Crippen LogP contribution in [0.25, 0.3) is 0 Å². The number of carbonyl (C=O) groups is 2. The molecule has 0 spiro atoms. The maximum atomic E-state index is 10.9. The van der Waals surface area contributed by atoms with Gasteiger partial charge in [0.2, 0.25) is 0 Å². The number of ether oxygens (including phenoxy) is 1. The highest BCUT2D eigenvalue weighted by molar-refractivity contribution is 5.94. The molecule has 1 amide bonds. The molecule has 0 aliphatic heterocycles. The third-order valence-corrected chi connectivity index (χ3v) is 0.991. The van der Waals surface area contributed by atoms with Gasteiger partial charge in [-0.05, 0) is 6.92 Å². The summed E-state index contributed by atoms with van der Waals surface area (Å²) in [5.41, 5.74) is 2.44. The molecule has 5 heteroatoms. The first kappa shape index (κ1) is 11.6. The maximum absolute atomic E-state index is 10.9. The smallest absolute Gasteiger partial charge is 0.330 e. The molecule has 0 fully saturated rings. The van der Waals surface area contributed by atoms with Crippen LogP contribution in [0, 0.1) is 0 Å². The van der Waals surface area contributed by atoms with Crippen LogP contribution in [0.3, 0.4) is 0 Å². The van der Waals surface area contributed by atoms with Crippen LogP contribution < -0.4 is 5.43 Å². The van der Waals surface area contributed by atoms with Gasteiger partial charge >= 0.3 is 5.97 Å². The van der Waals surface area contributed by atoms with E-state index in [1.165, 1.54) is 5.01 Å². The quantitative estimate of drug-likeness (QED) is 0.372. The molecule has 0 aromatic rings. The summed E-state index contributed by atoms with van der Waals surface area (Å²) in [6.07, 6.45) is 2.21. The number of hydrazine groups is 1. The summed E-state index contributed by atoms with van der Waals surface area (Å²) >= 11 is 0. The number of nitrogens with one attached hydrogen (secondary N) is 1. The van der Waals surface area contributed by atoms with E-state index in [9.17, 15) is 9.59 Å². The predicted molar refractivity (Wildman–Crippen MR) is 47.6 cm³/mol. The molecular weight excluding hydrogens is 172 g/mol. The first-order valence-corrected chi connectivity index (χ1v) is 3.89. The van der Waals surface area contributed by atoms with Crippen molar-refractivity contribution in [1.82, 2.24) is 10.4 Å². The minimum Gasteiger partial charge on any atom is -0.463 e. The molecule has 0 saturated carbocycles. The van der Waals surface area contributed by atoms with Crippen molar-refractivity contribution in [2.24, 2.45) is 0 Å². The Labute approximate surface area is 77.3 Å². The molecular formula is C8H14N2O3. The zero-order valence-electron chi connectivity index (χ0n) is 8.03. The number of amides is 1. The first-order chi connectivity index (χ1) is 6.06. The van der Waals surface area contributed by atoms with Crippen molar-refractivity contribution >= 4 is 11.9 Å². The van der Waals surface area contributed by atoms with E-state index >= 15 is 0 Å². The zero-order chi connectivity index (χ0) is 10.3. The van der Waals surface area contributed by atoms with E-state index in [1.54, 1.807) is 21.0 Å². The first-order valence-electron chi connectivity index (χ1n) is 3.89. The highest BCUT2D eigenvalue weighted by Gasteiger charge is 1.98. The van der Waals surface area contributed by atoms with Crippen molar-refractivity contribution in [3.8, 4) is 0 Å². The SMILES string of the molecule is CCOC(=O)C=CC(=O)NN(C)C. The van der Waals surface area contributed by atoms with Gasteiger partial charge < -0.3 is 4.74 Å². The van der Waals surface area contributed by atoms with E-state index in [-0.39, 0.29) is 5.91 Å². The molecule has 0 aromatic carbocycles. The van der Waals surface area contributed by atoms with Gasteiger partial charge in [-0.1, -0.05) is 0 Å². The number of rotatable bonds is 4. The summed E-state index contributed by atoms with van der Waals surface area (Å²) in [5.74, 6) is -0.880. The van der Waals surface area contributed by atoms with Gasteiger partial charge in [0.1, 0.15) is 0 Å². The van der Waals surface area contributed by atoms with E-state index in [0.717, 1.165) is 12.2 Å². The summed E-state index contributed by atoms with van der Waals surface area (Å²) in [6.45, 7) is 2.00. The highest BCUT2D eigenvalue weighted by Crippen LogP contribution is 1.81. The fourth-order valence-corrected chi connectivity index (χ4v) is 0.592. The Balaban J connectivity index is 3.83. The molecule has 0 aliphatic rings. The average molecular weight is 186 g/mol. The predicted octanol–water partition coefficient (Wildman–Crippen LogP) is -0.302. The van der Waals surface area contributed by atoms with Gasteiger partial charge in [0.15, 0.2) is 0 Å². The summed E-state index contributed by atoms with van der Waals surface area (Å²) in [6, 6.07) is 0. The van der Waals surface area contributed by atoms with Crippen LogP contribution in [0.1, 0.15) is 6.92 Å². The molecule has 1 N–H and O–H groups in total. The molecule has 0 unspecified atom stereocenters. The molecule has 0 rings (SSSR count). The third kappa shape index (κ3) is 7.02. The molecule has 0 bridgehead atoms. The van der Waals surface area contributed by atoms with Gasteiger partial charge in [-0.3, -0.25) is 10.2 Å². The van der Waals surface area contributed by atoms with Gasteiger partial charge in [0, 0.05) is 26.2 Å². The van der Waals surface area contributed by atoms with Crippen LogP contribution in [0.5, 0.6) is 0 Å². The van der Waals surface area contributed by atoms with Crippen molar-refractivity contribution in [3.05, 3.63) is 12.2 Å². The number of hydrogen-bond donors (Lipinski definition) is 1. The van der Waals surface area contributed by atoms with Crippen LogP contribution in [0.2, 0.25) is 0 Å². The van der Waals surface area contributed by atoms with Crippen molar-refractivity contribution in [1.29, 1.82) is 0 Å². The number of nitrogens with zero attached hydrogens (tertiary/aromatic N) is 1. The van der Waals surface area contributed by atoms with Crippen molar-refractivity contribution in [2.45, 2.75) is 6.92 Å². The molecule has 5 nitrogen and oxygen atoms in total. The fourth-order valence-electron chi connectivity index (χ4n) is 0.592. The Morgan fingerprint density at radius 3 is 2.46 bits per heavy atom. The lowest BCUT2D eigenvalue weighted by molar-refractivity contribution is -0.137. The Morgan fingerprint density at radius 1 is 1.38 bits per heavy atom. The van der Waals surface area contributed by atoms with Crippen molar-refractivity contribution in [3.63, 3.8) is 0 Å². The van der Waals surface area contributed by atoms with E-state index in [2.05, 4.69) is 10.2 Å². The molecule has 13 heavy (non-hydrogen) atoms. The van der Waals surface area contributed by atoms with E-state index in [1.807, 2.05) is 0 Å². The second kappa shape index (κ2) is 6.19. The lowest BCUT2D eigenvalue weighted by Gasteiger charge is -2.08. The summed E-state index contributed by atoms with van der Waals surface area (Å²) in [7, 11) is 3.35. The highest BCUT2D eigenvalue weighted by atomic mass is 16.5. The number of hydrogen-bond acceptors (Lipinski definition) is 4. The van der Waals surface area contributed by atoms with Crippen LogP contribution in [-0.4, -0.2) is 37.6 Å². The van der Waals surface area contributed by atoms with E-state index in [4.69, 9.17) is 0 Å². The van der Waals surface area contributed by atoms with Gasteiger partial charge in [-0.25, -0.2) is 9.80 Å². The Morgan fingerprint density at radius 2 is 2.00 bits per heavy atom. The van der Waals surface area contributed by atoms with Gasteiger partial charge in [-0.2, -0.15) is 0 Å². The third-order valence-electron chi connectivity index (χ3n) is 0.991. The molecule has 0 atom stereocenters. The molecule has 74 valence electrons. The second-order valence-corrected chi connectivity index (χ2v) is 2.46. The number of carbonyl (C=O) groups excluding carboxylic acids is 2. The monoisotopic (exact) mass is 186 g/mol. The second-order valence-electron chi connectivity index (χ2n) is 2.46. The number of esters is 1. The fraction of sp³-hybridized carbons (Fsp3) is 0.500. The summed E-state index contributed by atoms with van der Waals surface area (Å²) in [5, 5.41) is 1.48. The average Bonchev–Trinajstić information content (AvgIpc) is 2.00. The Kier molecular flexibility index (Phi) is 5.54. The van der Waals surface area contributed by atoms with Crippen molar-refractivity contribution in [2.75, 3.05) is 20.7 Å².